The topological polar surface area (TPSA) is 84.9 Å². The van der Waals surface area contributed by atoms with Crippen LogP contribution in [0.1, 0.15) is 53.9 Å². The van der Waals surface area contributed by atoms with Crippen molar-refractivity contribution in [2.24, 2.45) is 11.8 Å². The van der Waals surface area contributed by atoms with Crippen LogP contribution in [0.2, 0.25) is 0 Å². The first-order valence-corrected chi connectivity index (χ1v) is 9.57. The van der Waals surface area contributed by atoms with E-state index in [1.54, 1.807) is 25.7 Å². The maximum atomic E-state index is 12.9. The van der Waals surface area contributed by atoms with E-state index < -0.39 is 17.7 Å². The normalized spacial score (nSPS) is 17.0. The molecule has 1 atom stereocenters. The number of ether oxygens (including phenoxy) is 2. The lowest BCUT2D eigenvalue weighted by molar-refractivity contribution is -0.150. The number of rotatable bonds is 6. The third-order valence-electron chi connectivity index (χ3n) is 4.03. The molecule has 0 aromatic heterocycles. The van der Waals surface area contributed by atoms with Gasteiger partial charge in [-0.05, 0) is 46.0 Å². The smallest absolute Gasteiger partial charge is 0.408 e. The molecule has 0 bridgehead atoms. The van der Waals surface area contributed by atoms with Crippen molar-refractivity contribution in [2.75, 3.05) is 19.2 Å². The number of likely N-dealkylation sites (tertiary alicyclic amines) is 1. The summed E-state index contributed by atoms with van der Waals surface area (Å²) in [7, 11) is 0. The Morgan fingerprint density at radius 2 is 1.77 bits per heavy atom. The summed E-state index contributed by atoms with van der Waals surface area (Å²) in [5.74, 6) is -0.471. The van der Waals surface area contributed by atoms with Crippen LogP contribution in [-0.4, -0.2) is 53.7 Å². The predicted molar refractivity (Wildman–Crippen MR) is 98.7 cm³/mol. The molecule has 150 valence electrons. The van der Waals surface area contributed by atoms with Crippen LogP contribution in [0.5, 0.6) is 0 Å². The molecular formula is C18H31ClN2O5. The zero-order valence-corrected chi connectivity index (χ0v) is 17.1. The first-order valence-electron chi connectivity index (χ1n) is 9.04. The summed E-state index contributed by atoms with van der Waals surface area (Å²) < 4.78 is 10.1. The van der Waals surface area contributed by atoms with E-state index in [1.807, 2.05) is 13.8 Å². The number of alkyl halides is 1. The molecule has 1 aliphatic rings. The molecule has 2 amide bonds. The van der Waals surface area contributed by atoms with E-state index in [4.69, 9.17) is 21.1 Å². The van der Waals surface area contributed by atoms with E-state index in [9.17, 15) is 14.4 Å². The molecule has 0 aromatic rings. The van der Waals surface area contributed by atoms with Crippen LogP contribution < -0.4 is 5.32 Å². The van der Waals surface area contributed by atoms with Crippen LogP contribution in [0.25, 0.3) is 0 Å². The largest absolute Gasteiger partial charge is 0.449 e. The van der Waals surface area contributed by atoms with Gasteiger partial charge in [-0.15, -0.1) is 0 Å². The van der Waals surface area contributed by atoms with Gasteiger partial charge in [-0.3, -0.25) is 9.59 Å². The van der Waals surface area contributed by atoms with Crippen molar-refractivity contribution in [1.29, 1.82) is 0 Å². The van der Waals surface area contributed by atoms with Crippen LogP contribution in [0.3, 0.4) is 0 Å². The van der Waals surface area contributed by atoms with Crippen LogP contribution in [0.15, 0.2) is 0 Å². The molecule has 1 unspecified atom stereocenters. The molecule has 1 saturated heterocycles. The Balaban J connectivity index is 2.66. The van der Waals surface area contributed by atoms with Crippen molar-refractivity contribution in [2.45, 2.75) is 65.5 Å². The van der Waals surface area contributed by atoms with Crippen LogP contribution in [-0.2, 0) is 19.1 Å². The second-order valence-corrected chi connectivity index (χ2v) is 8.22. The number of carbonyl (C=O) groups is 3. The van der Waals surface area contributed by atoms with Crippen LogP contribution in [0, 0.1) is 11.8 Å². The highest BCUT2D eigenvalue weighted by Crippen LogP contribution is 2.21. The quantitative estimate of drug-likeness (QED) is 0.556. The second kappa shape index (κ2) is 10.00. The zero-order chi connectivity index (χ0) is 19.9. The molecule has 7 nitrogen and oxygen atoms in total. The van der Waals surface area contributed by atoms with Crippen molar-refractivity contribution in [3.8, 4) is 0 Å². The van der Waals surface area contributed by atoms with Crippen molar-refractivity contribution >= 4 is 29.6 Å². The predicted octanol–water partition coefficient (Wildman–Crippen LogP) is 2.90. The highest BCUT2D eigenvalue weighted by Gasteiger charge is 2.33. The molecule has 0 aliphatic carbocycles. The number of halogens is 1. The molecule has 1 rings (SSSR count). The van der Waals surface area contributed by atoms with E-state index in [1.165, 1.54) is 0 Å². The van der Waals surface area contributed by atoms with E-state index in [-0.39, 0.29) is 29.8 Å². The second-order valence-electron chi connectivity index (χ2n) is 8.00. The highest BCUT2D eigenvalue weighted by molar-refractivity contribution is 6.17. The van der Waals surface area contributed by atoms with Gasteiger partial charge in [-0.25, -0.2) is 4.79 Å². The van der Waals surface area contributed by atoms with Gasteiger partial charge >= 0.3 is 12.1 Å². The minimum Gasteiger partial charge on any atom is -0.449 e. The molecule has 1 heterocycles. The molecule has 1 fully saturated rings. The van der Waals surface area contributed by atoms with E-state index in [0.717, 1.165) is 0 Å². The van der Waals surface area contributed by atoms with Crippen molar-refractivity contribution < 1.29 is 23.9 Å². The monoisotopic (exact) mass is 390 g/mol. The lowest BCUT2D eigenvalue weighted by Gasteiger charge is -2.34. The average Bonchev–Trinajstić information content (AvgIpc) is 2.51. The Bertz CT molecular complexity index is 496. The molecule has 0 radical (unpaired) electrons. The molecule has 1 aliphatic heterocycles. The van der Waals surface area contributed by atoms with Gasteiger partial charge in [0.05, 0.1) is 5.92 Å². The third-order valence-corrected chi connectivity index (χ3v) is 4.14. The van der Waals surface area contributed by atoms with Crippen LogP contribution in [0.4, 0.5) is 4.79 Å². The number of hydrogen-bond acceptors (Lipinski definition) is 5. The van der Waals surface area contributed by atoms with Gasteiger partial charge in [0.15, 0.2) is 6.07 Å². The molecule has 26 heavy (non-hydrogen) atoms. The van der Waals surface area contributed by atoms with Gasteiger partial charge in [0.1, 0.15) is 11.6 Å². The number of hydrogen-bond donors (Lipinski definition) is 1. The summed E-state index contributed by atoms with van der Waals surface area (Å²) in [6, 6.07) is -0.801. The highest BCUT2D eigenvalue weighted by atomic mass is 35.5. The summed E-state index contributed by atoms with van der Waals surface area (Å²) in [5.41, 5.74) is -0.628. The van der Waals surface area contributed by atoms with Gasteiger partial charge in [0, 0.05) is 13.1 Å². The van der Waals surface area contributed by atoms with E-state index in [2.05, 4.69) is 5.32 Å². The minimum absolute atomic E-state index is 0.145. The summed E-state index contributed by atoms with van der Waals surface area (Å²) in [6.07, 6.45) is 0.980. The summed E-state index contributed by atoms with van der Waals surface area (Å²) in [5, 5.41) is 2.69. The first-order chi connectivity index (χ1) is 12.0. The number of nitrogens with one attached hydrogen (secondary N) is 1. The molecule has 1 N–H and O–H groups in total. The van der Waals surface area contributed by atoms with E-state index in [0.29, 0.717) is 32.4 Å². The number of carbonyl (C=O) groups excluding carboxylic acids is 3. The summed E-state index contributed by atoms with van der Waals surface area (Å²) in [4.78, 5) is 38.4. The molecule has 0 spiro atoms. The maximum Gasteiger partial charge on any atom is 0.408 e. The zero-order valence-electron chi connectivity index (χ0n) is 16.3. The minimum atomic E-state index is -0.642. The Kier molecular flexibility index (Phi) is 8.67. The van der Waals surface area contributed by atoms with Crippen molar-refractivity contribution in [1.82, 2.24) is 10.2 Å². The first kappa shape index (κ1) is 22.5. The lowest BCUT2D eigenvalue weighted by Crippen LogP contribution is -2.52. The Hall–Kier alpha value is -1.50. The number of amides is 2. The number of nitrogens with zero attached hydrogens (tertiary/aromatic N) is 1. The molecule has 8 heteroatoms. The molecule has 0 saturated carbocycles. The lowest BCUT2D eigenvalue weighted by atomic mass is 9.95. The maximum absolute atomic E-state index is 12.9. The van der Waals surface area contributed by atoms with Gasteiger partial charge in [-0.1, -0.05) is 25.4 Å². The van der Waals surface area contributed by atoms with Gasteiger partial charge < -0.3 is 19.7 Å². The Labute approximate surface area is 160 Å². The number of alkyl carbamates (subject to hydrolysis) is 1. The standard InChI is InChI=1S/C18H31ClN2O5/c1-12(2)10-14(20-17(24)26-18(3,4)5)15(22)21-8-6-13(7-9-21)16(23)25-11-19/h12-14H,6-11H2,1-5H3,(H,20,24). The third kappa shape index (κ3) is 7.81. The Morgan fingerprint density at radius 1 is 1.19 bits per heavy atom. The fourth-order valence-electron chi connectivity index (χ4n) is 2.87. The van der Waals surface area contributed by atoms with Gasteiger partial charge in [-0.2, -0.15) is 0 Å². The molecule has 0 aromatic carbocycles. The van der Waals surface area contributed by atoms with Crippen molar-refractivity contribution in [3.05, 3.63) is 0 Å². The summed E-state index contributed by atoms with van der Waals surface area (Å²) in [6.45, 7) is 10.2. The van der Waals surface area contributed by atoms with Crippen LogP contribution >= 0.6 is 11.6 Å². The molecular weight excluding hydrogens is 360 g/mol. The van der Waals surface area contributed by atoms with Gasteiger partial charge in [0.25, 0.3) is 0 Å². The van der Waals surface area contributed by atoms with E-state index >= 15 is 0 Å². The fourth-order valence-corrected chi connectivity index (χ4v) is 2.98. The summed E-state index contributed by atoms with van der Waals surface area (Å²) >= 11 is 5.42. The van der Waals surface area contributed by atoms with Gasteiger partial charge in [0.2, 0.25) is 5.91 Å². The Morgan fingerprint density at radius 3 is 2.23 bits per heavy atom. The number of piperidine rings is 1. The average molecular weight is 391 g/mol. The fraction of sp³-hybridized carbons (Fsp3) is 0.833. The number of esters is 1. The SMILES string of the molecule is CC(C)CC(NC(=O)OC(C)(C)C)C(=O)N1CCC(C(=O)OCCl)CC1. The van der Waals surface area contributed by atoms with Crippen molar-refractivity contribution in [3.63, 3.8) is 0 Å².